The third-order valence-corrected chi connectivity index (χ3v) is 5.96. The van der Waals surface area contributed by atoms with Crippen molar-refractivity contribution in [3.63, 3.8) is 0 Å². The molecule has 1 N–H and O–H groups in total. The molecule has 10 heteroatoms. The first-order valence-corrected chi connectivity index (χ1v) is 11.0. The maximum atomic E-state index is 12.4. The number of hydrogen-bond donors (Lipinski definition) is 1. The minimum absolute atomic E-state index is 0. The van der Waals surface area contributed by atoms with Crippen LogP contribution >= 0.6 is 35.3 Å². The maximum absolute atomic E-state index is 12.4. The zero-order valence-corrected chi connectivity index (χ0v) is 20.6. The van der Waals surface area contributed by atoms with Crippen molar-refractivity contribution in [1.29, 1.82) is 0 Å². The molecule has 3 heterocycles. The molecule has 3 rings (SSSR count). The second-order valence-corrected chi connectivity index (χ2v) is 8.43. The Balaban J connectivity index is 0.00000300. The fourth-order valence-corrected chi connectivity index (χ4v) is 4.20. The molecule has 0 atom stereocenters. The number of halogens is 1. The molecule has 29 heavy (non-hydrogen) atoms. The van der Waals surface area contributed by atoms with E-state index >= 15 is 0 Å². The highest BCUT2D eigenvalue weighted by atomic mass is 127. The van der Waals surface area contributed by atoms with Crippen LogP contribution in [-0.4, -0.2) is 104 Å². The molecule has 8 nitrogen and oxygen atoms in total. The van der Waals surface area contributed by atoms with E-state index < -0.39 is 0 Å². The highest BCUT2D eigenvalue weighted by molar-refractivity contribution is 14.0. The monoisotopic (exact) mass is 536 g/mol. The number of guanidine groups is 1. The minimum Gasteiger partial charge on any atom is -0.378 e. The van der Waals surface area contributed by atoms with E-state index in [1.807, 2.05) is 11.1 Å². The maximum Gasteiger partial charge on any atom is 0.236 e. The summed E-state index contributed by atoms with van der Waals surface area (Å²) in [7, 11) is 0. The highest BCUT2D eigenvalue weighted by Crippen LogP contribution is 2.12. The van der Waals surface area contributed by atoms with Gasteiger partial charge in [0.2, 0.25) is 5.91 Å². The lowest BCUT2D eigenvalue weighted by atomic mass is 10.3. The van der Waals surface area contributed by atoms with E-state index in [1.54, 1.807) is 11.3 Å². The number of hydrogen-bond acceptors (Lipinski definition) is 6. The van der Waals surface area contributed by atoms with Crippen LogP contribution in [0.2, 0.25) is 0 Å². The van der Waals surface area contributed by atoms with Gasteiger partial charge in [0.25, 0.3) is 0 Å². The van der Waals surface area contributed by atoms with Crippen molar-refractivity contribution >= 4 is 47.2 Å². The Kier molecular flexibility index (Phi) is 10.6. The van der Waals surface area contributed by atoms with Crippen LogP contribution in [0.4, 0.5) is 0 Å². The van der Waals surface area contributed by atoms with Crippen LogP contribution in [0.1, 0.15) is 16.8 Å². The summed E-state index contributed by atoms with van der Waals surface area (Å²) in [5.41, 5.74) is 0. The number of aromatic nitrogens is 1. The van der Waals surface area contributed by atoms with Crippen molar-refractivity contribution in [3.05, 3.63) is 16.1 Å². The van der Waals surface area contributed by atoms with E-state index in [4.69, 9.17) is 9.73 Å². The number of carbonyl (C=O) groups is 1. The van der Waals surface area contributed by atoms with Crippen LogP contribution in [0.25, 0.3) is 0 Å². The summed E-state index contributed by atoms with van der Waals surface area (Å²) in [6, 6.07) is 0. The molecule has 0 aromatic carbocycles. The van der Waals surface area contributed by atoms with Crippen molar-refractivity contribution < 1.29 is 9.53 Å². The molecule has 2 saturated heterocycles. The van der Waals surface area contributed by atoms with Crippen LogP contribution in [0, 0.1) is 6.92 Å². The van der Waals surface area contributed by atoms with Crippen molar-refractivity contribution in [3.8, 4) is 0 Å². The van der Waals surface area contributed by atoms with E-state index in [9.17, 15) is 4.79 Å². The summed E-state index contributed by atoms with van der Waals surface area (Å²) >= 11 is 1.74. The van der Waals surface area contributed by atoms with Gasteiger partial charge in [-0.2, -0.15) is 0 Å². The SMILES string of the molecule is CCNC(=NCCc1ncc(C)s1)N1CCN(CC(=O)N2CCOCC2)CC1.I. The number of nitrogens with zero attached hydrogens (tertiary/aromatic N) is 5. The van der Waals surface area contributed by atoms with E-state index in [-0.39, 0.29) is 29.9 Å². The summed E-state index contributed by atoms with van der Waals surface area (Å²) in [6.45, 7) is 12.6. The third kappa shape index (κ3) is 7.65. The Morgan fingerprint density at radius 1 is 1.21 bits per heavy atom. The van der Waals surface area contributed by atoms with Crippen LogP contribution < -0.4 is 5.32 Å². The molecule has 2 aliphatic rings. The van der Waals surface area contributed by atoms with E-state index in [1.165, 1.54) is 4.88 Å². The summed E-state index contributed by atoms with van der Waals surface area (Å²) in [4.78, 5) is 29.3. The summed E-state index contributed by atoms with van der Waals surface area (Å²) in [6.07, 6.45) is 2.80. The Morgan fingerprint density at radius 3 is 2.55 bits per heavy atom. The van der Waals surface area contributed by atoms with E-state index in [0.29, 0.717) is 32.8 Å². The molecule has 1 aromatic rings. The smallest absolute Gasteiger partial charge is 0.236 e. The van der Waals surface area contributed by atoms with Gasteiger partial charge in [-0.15, -0.1) is 35.3 Å². The standard InChI is InChI=1S/C19H32N6O2S.HI/c1-3-20-19(21-5-4-17-22-14-16(2)28-17)25-8-6-23(7-9-25)15-18(26)24-10-12-27-13-11-24;/h14H,3-13,15H2,1-2H3,(H,20,21);1H. The lowest BCUT2D eigenvalue weighted by Crippen LogP contribution is -2.55. The van der Waals surface area contributed by atoms with Gasteiger partial charge < -0.3 is 19.9 Å². The zero-order valence-electron chi connectivity index (χ0n) is 17.4. The zero-order chi connectivity index (χ0) is 19.8. The number of thiazole rings is 1. The molecule has 0 saturated carbocycles. The van der Waals surface area contributed by atoms with Gasteiger partial charge in [0.05, 0.1) is 24.8 Å². The van der Waals surface area contributed by atoms with Gasteiger partial charge in [-0.1, -0.05) is 0 Å². The first-order valence-electron chi connectivity index (χ1n) is 10.2. The molecular weight excluding hydrogens is 503 g/mol. The molecule has 0 bridgehead atoms. The average Bonchev–Trinajstić information content (AvgIpc) is 3.14. The Bertz CT molecular complexity index is 657. The van der Waals surface area contributed by atoms with Gasteiger partial charge in [0, 0.05) is 69.9 Å². The van der Waals surface area contributed by atoms with Crippen LogP contribution in [0.5, 0.6) is 0 Å². The first-order chi connectivity index (χ1) is 13.7. The predicted octanol–water partition coefficient (Wildman–Crippen LogP) is 1.05. The molecule has 1 aromatic heterocycles. The highest BCUT2D eigenvalue weighted by Gasteiger charge is 2.24. The molecule has 0 radical (unpaired) electrons. The van der Waals surface area contributed by atoms with Crippen molar-refractivity contribution in [2.45, 2.75) is 20.3 Å². The van der Waals surface area contributed by atoms with Crippen molar-refractivity contribution in [1.82, 2.24) is 25.0 Å². The number of piperazine rings is 1. The van der Waals surface area contributed by atoms with Gasteiger partial charge >= 0.3 is 0 Å². The lowest BCUT2D eigenvalue weighted by molar-refractivity contribution is -0.136. The predicted molar refractivity (Wildman–Crippen MR) is 127 cm³/mol. The van der Waals surface area contributed by atoms with Crippen LogP contribution in [-0.2, 0) is 16.0 Å². The second kappa shape index (κ2) is 12.7. The summed E-state index contributed by atoms with van der Waals surface area (Å²) in [5.74, 6) is 1.19. The second-order valence-electron chi connectivity index (χ2n) is 7.11. The Hall–Kier alpha value is -0.980. The number of morpholine rings is 1. The van der Waals surface area contributed by atoms with Gasteiger partial charge in [-0.25, -0.2) is 4.98 Å². The molecule has 0 unspecified atom stereocenters. The van der Waals surface area contributed by atoms with Gasteiger partial charge in [0.1, 0.15) is 0 Å². The Labute approximate surface area is 194 Å². The number of aryl methyl sites for hydroxylation is 1. The Morgan fingerprint density at radius 2 is 1.93 bits per heavy atom. The largest absolute Gasteiger partial charge is 0.378 e. The number of carbonyl (C=O) groups excluding carboxylic acids is 1. The fourth-order valence-electron chi connectivity index (χ4n) is 3.42. The lowest BCUT2D eigenvalue weighted by Gasteiger charge is -2.37. The quantitative estimate of drug-likeness (QED) is 0.333. The average molecular weight is 536 g/mol. The number of nitrogens with one attached hydrogen (secondary N) is 1. The number of rotatable bonds is 6. The third-order valence-electron chi connectivity index (χ3n) is 4.99. The molecule has 1 amide bonds. The number of amides is 1. The van der Waals surface area contributed by atoms with Gasteiger partial charge in [-0.05, 0) is 13.8 Å². The van der Waals surface area contributed by atoms with Crippen molar-refractivity contribution in [2.24, 2.45) is 4.99 Å². The van der Waals surface area contributed by atoms with Crippen molar-refractivity contribution in [2.75, 3.05) is 72.1 Å². The molecule has 164 valence electrons. The van der Waals surface area contributed by atoms with E-state index in [2.05, 4.69) is 33.9 Å². The van der Waals surface area contributed by atoms with Crippen LogP contribution in [0.3, 0.4) is 0 Å². The van der Waals surface area contributed by atoms with Gasteiger partial charge in [-0.3, -0.25) is 14.7 Å². The summed E-state index contributed by atoms with van der Waals surface area (Å²) in [5, 5.41) is 4.54. The first kappa shape index (κ1) is 24.3. The topological polar surface area (TPSA) is 73.3 Å². The molecular formula is C19H33IN6O2S. The normalized spacial score (nSPS) is 18.5. The van der Waals surface area contributed by atoms with Crippen LogP contribution in [0.15, 0.2) is 11.2 Å². The molecule has 2 aliphatic heterocycles. The molecule has 2 fully saturated rings. The fraction of sp³-hybridized carbons (Fsp3) is 0.737. The molecule has 0 aliphatic carbocycles. The number of aliphatic imine (C=N–C) groups is 1. The van der Waals surface area contributed by atoms with E-state index in [0.717, 1.165) is 56.7 Å². The molecule has 0 spiro atoms. The number of ether oxygens (including phenoxy) is 1. The van der Waals surface area contributed by atoms with Gasteiger partial charge in [0.15, 0.2) is 5.96 Å². The summed E-state index contributed by atoms with van der Waals surface area (Å²) < 4.78 is 5.33. The minimum atomic E-state index is 0.